The topological polar surface area (TPSA) is 73.5 Å². The molecule has 0 radical (unpaired) electrons. The van der Waals surface area contributed by atoms with Crippen LogP contribution in [0.25, 0.3) is 0 Å². The fourth-order valence-corrected chi connectivity index (χ4v) is 5.03. The minimum atomic E-state index is -0.241. The van der Waals surface area contributed by atoms with Crippen molar-refractivity contribution in [3.63, 3.8) is 0 Å². The van der Waals surface area contributed by atoms with Crippen LogP contribution in [0.4, 0.5) is 10.5 Å². The SMILES string of the molecule is CC1CN(Cc2ccccc2)CCC1CNC(=O)Nc1cccc(C(=O)NCc2cccs2)c1. The molecule has 2 unspecified atom stereocenters. The molecule has 7 heteroatoms. The summed E-state index contributed by atoms with van der Waals surface area (Å²) in [5, 5.41) is 10.8. The summed E-state index contributed by atoms with van der Waals surface area (Å²) in [6.45, 7) is 6.45. The van der Waals surface area contributed by atoms with Gasteiger partial charge in [0.1, 0.15) is 0 Å². The second-order valence-electron chi connectivity index (χ2n) is 8.92. The molecule has 2 atom stereocenters. The zero-order valence-electron chi connectivity index (χ0n) is 19.5. The number of carbonyl (C=O) groups is 2. The summed E-state index contributed by atoms with van der Waals surface area (Å²) in [5.41, 5.74) is 2.47. The van der Waals surface area contributed by atoms with Crippen LogP contribution in [0.5, 0.6) is 0 Å². The van der Waals surface area contributed by atoms with Gasteiger partial charge in [0.2, 0.25) is 0 Å². The zero-order valence-corrected chi connectivity index (χ0v) is 20.3. The highest BCUT2D eigenvalue weighted by molar-refractivity contribution is 7.09. The Morgan fingerprint density at radius 3 is 2.65 bits per heavy atom. The lowest BCUT2D eigenvalue weighted by molar-refractivity contribution is 0.0951. The average molecular weight is 477 g/mol. The normalized spacial score (nSPS) is 18.3. The molecule has 178 valence electrons. The van der Waals surface area contributed by atoms with E-state index in [-0.39, 0.29) is 11.9 Å². The number of carbonyl (C=O) groups excluding carboxylic acids is 2. The summed E-state index contributed by atoms with van der Waals surface area (Å²) in [5.74, 6) is 0.800. The van der Waals surface area contributed by atoms with Gasteiger partial charge in [0.05, 0.1) is 6.54 Å². The second-order valence-corrected chi connectivity index (χ2v) is 9.96. The molecule has 6 nitrogen and oxygen atoms in total. The molecule has 1 fully saturated rings. The maximum Gasteiger partial charge on any atom is 0.319 e. The molecule has 1 aromatic heterocycles. The Morgan fingerprint density at radius 2 is 1.88 bits per heavy atom. The number of benzene rings is 2. The van der Waals surface area contributed by atoms with Crippen LogP contribution in [0.1, 0.15) is 34.1 Å². The van der Waals surface area contributed by atoms with Gasteiger partial charge in [0, 0.05) is 35.8 Å². The number of piperidine rings is 1. The monoisotopic (exact) mass is 476 g/mol. The summed E-state index contributed by atoms with van der Waals surface area (Å²) in [6.07, 6.45) is 1.06. The number of rotatable bonds is 8. The van der Waals surface area contributed by atoms with Crippen LogP contribution < -0.4 is 16.0 Å². The van der Waals surface area contributed by atoms with E-state index < -0.39 is 0 Å². The highest BCUT2D eigenvalue weighted by atomic mass is 32.1. The molecule has 2 heterocycles. The fraction of sp³-hybridized carbons (Fsp3) is 0.333. The number of likely N-dealkylation sites (tertiary alicyclic amines) is 1. The Kier molecular flexibility index (Phi) is 8.33. The van der Waals surface area contributed by atoms with Gasteiger partial charge in [0.15, 0.2) is 0 Å². The van der Waals surface area contributed by atoms with Crippen molar-refractivity contribution in [2.45, 2.75) is 26.4 Å². The van der Waals surface area contributed by atoms with Gasteiger partial charge in [-0.3, -0.25) is 9.69 Å². The third-order valence-electron chi connectivity index (χ3n) is 6.33. The van der Waals surface area contributed by atoms with Gasteiger partial charge in [-0.05, 0) is 60.0 Å². The first kappa shape index (κ1) is 24.0. The molecule has 0 saturated carbocycles. The lowest BCUT2D eigenvalue weighted by Crippen LogP contribution is -2.44. The quantitative estimate of drug-likeness (QED) is 0.430. The van der Waals surface area contributed by atoms with Gasteiger partial charge < -0.3 is 16.0 Å². The summed E-state index contributed by atoms with van der Waals surface area (Å²) in [7, 11) is 0. The number of anilines is 1. The molecule has 2 aromatic carbocycles. The molecule has 3 aromatic rings. The van der Waals surface area contributed by atoms with Crippen LogP contribution in [0.15, 0.2) is 72.1 Å². The first-order valence-corrected chi connectivity index (χ1v) is 12.7. The Balaban J connectivity index is 1.21. The van der Waals surface area contributed by atoms with Gasteiger partial charge in [-0.25, -0.2) is 4.79 Å². The number of nitrogens with zero attached hydrogens (tertiary/aromatic N) is 1. The standard InChI is InChI=1S/C27H32N4O2S/c1-20-18-31(19-21-7-3-2-4-8-21)13-12-23(20)16-29-27(33)30-24-10-5-9-22(15-24)26(32)28-17-25-11-6-14-34-25/h2-11,14-15,20,23H,12-13,16-19H2,1H3,(H,28,32)(H2,29,30,33). The predicted octanol–water partition coefficient (Wildman–Crippen LogP) is 4.96. The Labute approximate surface area is 205 Å². The maximum absolute atomic E-state index is 12.5. The largest absolute Gasteiger partial charge is 0.347 e. The Morgan fingerprint density at radius 1 is 1.03 bits per heavy atom. The van der Waals surface area contributed by atoms with Crippen molar-refractivity contribution >= 4 is 29.0 Å². The van der Waals surface area contributed by atoms with E-state index in [2.05, 4.69) is 52.0 Å². The Hall–Kier alpha value is -3.16. The molecule has 3 amide bonds. The fourth-order valence-electron chi connectivity index (χ4n) is 4.39. The Bertz CT molecular complexity index is 1070. The number of urea groups is 1. The summed E-state index contributed by atoms with van der Waals surface area (Å²) in [4.78, 5) is 28.5. The van der Waals surface area contributed by atoms with E-state index in [9.17, 15) is 9.59 Å². The second kappa shape index (κ2) is 11.8. The molecule has 1 aliphatic rings. The number of amides is 3. The summed E-state index contributed by atoms with van der Waals surface area (Å²) >= 11 is 1.61. The van der Waals surface area contributed by atoms with E-state index in [4.69, 9.17) is 0 Å². The van der Waals surface area contributed by atoms with Crippen LogP contribution in [0.3, 0.4) is 0 Å². The van der Waals surface area contributed by atoms with E-state index in [0.29, 0.717) is 36.2 Å². The lowest BCUT2D eigenvalue weighted by atomic mass is 9.86. The van der Waals surface area contributed by atoms with Crippen LogP contribution in [0.2, 0.25) is 0 Å². The molecule has 0 spiro atoms. The van der Waals surface area contributed by atoms with E-state index >= 15 is 0 Å². The number of thiophene rings is 1. The van der Waals surface area contributed by atoms with Gasteiger partial charge in [0.25, 0.3) is 5.91 Å². The zero-order chi connectivity index (χ0) is 23.8. The highest BCUT2D eigenvalue weighted by Crippen LogP contribution is 2.24. The molecule has 0 aliphatic carbocycles. The van der Waals surface area contributed by atoms with E-state index in [1.54, 1.807) is 35.6 Å². The molecule has 1 aliphatic heterocycles. The van der Waals surface area contributed by atoms with Gasteiger partial charge in [-0.2, -0.15) is 0 Å². The minimum absolute atomic E-state index is 0.159. The smallest absolute Gasteiger partial charge is 0.319 e. The molecular formula is C27H32N4O2S. The van der Waals surface area contributed by atoms with Crippen LogP contribution in [0, 0.1) is 11.8 Å². The first-order valence-electron chi connectivity index (χ1n) is 11.8. The molecule has 3 N–H and O–H groups in total. The molecule has 0 bridgehead atoms. The minimum Gasteiger partial charge on any atom is -0.347 e. The lowest BCUT2D eigenvalue weighted by Gasteiger charge is -2.37. The summed E-state index contributed by atoms with van der Waals surface area (Å²) < 4.78 is 0. The predicted molar refractivity (Wildman–Crippen MR) is 138 cm³/mol. The van der Waals surface area contributed by atoms with Crippen molar-refractivity contribution in [1.82, 2.24) is 15.5 Å². The van der Waals surface area contributed by atoms with Crippen molar-refractivity contribution in [2.75, 3.05) is 25.0 Å². The molecule has 34 heavy (non-hydrogen) atoms. The van der Waals surface area contributed by atoms with Gasteiger partial charge in [-0.15, -0.1) is 11.3 Å². The van der Waals surface area contributed by atoms with E-state index in [1.165, 1.54) is 5.56 Å². The molecule has 4 rings (SSSR count). The third kappa shape index (κ3) is 6.92. The van der Waals surface area contributed by atoms with Crippen molar-refractivity contribution in [3.05, 3.63) is 88.1 Å². The van der Waals surface area contributed by atoms with Crippen LogP contribution in [-0.2, 0) is 13.1 Å². The van der Waals surface area contributed by atoms with Crippen molar-refractivity contribution < 1.29 is 9.59 Å². The molecule has 1 saturated heterocycles. The van der Waals surface area contributed by atoms with Crippen molar-refractivity contribution in [2.24, 2.45) is 11.8 Å². The highest BCUT2D eigenvalue weighted by Gasteiger charge is 2.26. The van der Waals surface area contributed by atoms with E-state index in [1.807, 2.05) is 23.6 Å². The first-order chi connectivity index (χ1) is 16.6. The average Bonchev–Trinajstić information content (AvgIpc) is 3.37. The van der Waals surface area contributed by atoms with Crippen molar-refractivity contribution in [1.29, 1.82) is 0 Å². The maximum atomic E-state index is 12.5. The van der Waals surface area contributed by atoms with Crippen molar-refractivity contribution in [3.8, 4) is 0 Å². The number of hydrogen-bond acceptors (Lipinski definition) is 4. The molecular weight excluding hydrogens is 444 g/mol. The van der Waals surface area contributed by atoms with E-state index in [0.717, 1.165) is 30.9 Å². The third-order valence-corrected chi connectivity index (χ3v) is 7.20. The van der Waals surface area contributed by atoms with Crippen LogP contribution in [-0.4, -0.2) is 36.5 Å². The van der Waals surface area contributed by atoms with Crippen LogP contribution >= 0.6 is 11.3 Å². The summed E-state index contributed by atoms with van der Waals surface area (Å²) in [6, 6.07) is 21.3. The van der Waals surface area contributed by atoms with Gasteiger partial charge in [-0.1, -0.05) is 49.4 Å². The van der Waals surface area contributed by atoms with Gasteiger partial charge >= 0.3 is 6.03 Å². The number of nitrogens with one attached hydrogen (secondary N) is 3. The number of hydrogen-bond donors (Lipinski definition) is 3.